The minimum atomic E-state index is -0.596. The molecular weight excluding hydrogens is 501 g/mol. The molecule has 0 bridgehead atoms. The summed E-state index contributed by atoms with van der Waals surface area (Å²) in [6, 6.07) is 14.1. The molecule has 3 amide bonds. The van der Waals surface area contributed by atoms with Gasteiger partial charge in [-0.15, -0.1) is 0 Å². The number of rotatable bonds is 8. The molecule has 1 atom stereocenters. The Labute approximate surface area is 224 Å². The first kappa shape index (κ1) is 25.9. The average Bonchev–Trinajstić information content (AvgIpc) is 3.59. The van der Waals surface area contributed by atoms with Crippen molar-refractivity contribution in [3.63, 3.8) is 0 Å². The zero-order valence-corrected chi connectivity index (χ0v) is 21.4. The number of nitrogens with one attached hydrogen (secondary N) is 3. The van der Waals surface area contributed by atoms with Crippen molar-refractivity contribution in [3.05, 3.63) is 89.6 Å². The SMILES string of the molecule is Cc1ccc(Oc2cccc(C(=O)NCC(=O)N3CCCC3C(=O)NCc3cc4cnccc4[nH]3)c2)c(F)c1. The maximum atomic E-state index is 14.1. The predicted molar refractivity (Wildman–Crippen MR) is 143 cm³/mol. The molecule has 3 N–H and O–H groups in total. The number of hydrogen-bond donors (Lipinski definition) is 3. The molecule has 1 saturated heterocycles. The maximum Gasteiger partial charge on any atom is 0.251 e. The Morgan fingerprint density at radius 3 is 2.82 bits per heavy atom. The van der Waals surface area contributed by atoms with Gasteiger partial charge in [-0.1, -0.05) is 12.1 Å². The van der Waals surface area contributed by atoms with E-state index in [0.29, 0.717) is 31.7 Å². The molecule has 2 aromatic carbocycles. The number of aryl methyl sites for hydroxylation is 1. The van der Waals surface area contributed by atoms with Crippen LogP contribution in [0.5, 0.6) is 11.5 Å². The number of benzene rings is 2. The summed E-state index contributed by atoms with van der Waals surface area (Å²) in [5.41, 5.74) is 2.80. The van der Waals surface area contributed by atoms with E-state index >= 15 is 0 Å². The van der Waals surface area contributed by atoms with Crippen LogP contribution in [0.1, 0.15) is 34.5 Å². The molecule has 200 valence electrons. The van der Waals surface area contributed by atoms with Gasteiger partial charge >= 0.3 is 0 Å². The van der Waals surface area contributed by atoms with Crippen molar-refractivity contribution in [3.8, 4) is 11.5 Å². The van der Waals surface area contributed by atoms with E-state index in [0.717, 1.165) is 22.2 Å². The van der Waals surface area contributed by atoms with E-state index in [9.17, 15) is 18.8 Å². The minimum Gasteiger partial charge on any atom is -0.454 e. The molecular formula is C29H28FN5O4. The largest absolute Gasteiger partial charge is 0.454 e. The fourth-order valence-corrected chi connectivity index (χ4v) is 4.64. The van der Waals surface area contributed by atoms with Crippen molar-refractivity contribution in [1.82, 2.24) is 25.5 Å². The molecule has 0 radical (unpaired) electrons. The van der Waals surface area contributed by atoms with Gasteiger partial charge in [-0.25, -0.2) is 4.39 Å². The number of pyridine rings is 1. The molecule has 39 heavy (non-hydrogen) atoms. The van der Waals surface area contributed by atoms with Crippen LogP contribution in [0.4, 0.5) is 4.39 Å². The van der Waals surface area contributed by atoms with Crippen molar-refractivity contribution in [2.24, 2.45) is 0 Å². The number of hydrogen-bond acceptors (Lipinski definition) is 5. The van der Waals surface area contributed by atoms with E-state index in [-0.39, 0.29) is 29.7 Å². The van der Waals surface area contributed by atoms with Crippen LogP contribution >= 0.6 is 0 Å². The van der Waals surface area contributed by atoms with E-state index in [4.69, 9.17) is 4.74 Å². The zero-order chi connectivity index (χ0) is 27.4. The number of carbonyl (C=O) groups excluding carboxylic acids is 3. The lowest BCUT2D eigenvalue weighted by Gasteiger charge is -2.24. The molecule has 1 fully saturated rings. The first-order valence-corrected chi connectivity index (χ1v) is 12.7. The van der Waals surface area contributed by atoms with Gasteiger partial charge < -0.3 is 25.3 Å². The first-order valence-electron chi connectivity index (χ1n) is 12.7. The van der Waals surface area contributed by atoms with Gasteiger partial charge in [0, 0.05) is 41.1 Å². The summed E-state index contributed by atoms with van der Waals surface area (Å²) in [7, 11) is 0. The molecule has 3 heterocycles. The Kier molecular flexibility index (Phi) is 7.53. The highest BCUT2D eigenvalue weighted by Crippen LogP contribution is 2.26. The van der Waals surface area contributed by atoms with E-state index in [2.05, 4.69) is 20.6 Å². The first-order chi connectivity index (χ1) is 18.9. The fraction of sp³-hybridized carbons (Fsp3) is 0.241. The Balaban J connectivity index is 1.14. The van der Waals surface area contributed by atoms with E-state index < -0.39 is 17.8 Å². The molecule has 2 aromatic heterocycles. The van der Waals surface area contributed by atoms with Crippen molar-refractivity contribution in [2.75, 3.05) is 13.1 Å². The lowest BCUT2D eigenvalue weighted by molar-refractivity contribution is -0.137. The van der Waals surface area contributed by atoms with Crippen LogP contribution in [0.2, 0.25) is 0 Å². The molecule has 0 aliphatic carbocycles. The number of aromatic nitrogens is 2. The average molecular weight is 530 g/mol. The van der Waals surface area contributed by atoms with Gasteiger partial charge in [0.25, 0.3) is 5.91 Å². The minimum absolute atomic E-state index is 0.0493. The molecule has 10 heteroatoms. The van der Waals surface area contributed by atoms with E-state index in [1.165, 1.54) is 23.1 Å². The highest BCUT2D eigenvalue weighted by molar-refractivity contribution is 5.97. The Morgan fingerprint density at radius 2 is 2.00 bits per heavy atom. The molecule has 5 rings (SSSR count). The number of fused-ring (bicyclic) bond motifs is 1. The number of amides is 3. The Bertz CT molecular complexity index is 1500. The number of carbonyl (C=O) groups is 3. The van der Waals surface area contributed by atoms with Gasteiger partial charge in [-0.2, -0.15) is 0 Å². The molecule has 9 nitrogen and oxygen atoms in total. The standard InChI is InChI=1S/C29H28FN5O4/c1-18-7-8-26(23(30)12-18)39-22-5-2-4-19(14-22)28(37)33-17-27(36)35-11-3-6-25(35)29(38)32-16-21-13-20-15-31-10-9-24(20)34-21/h2,4-5,7-10,12-15,25,34H,3,6,11,16-17H2,1H3,(H,32,38)(H,33,37). The van der Waals surface area contributed by atoms with Crippen LogP contribution in [-0.4, -0.2) is 51.7 Å². The van der Waals surface area contributed by atoms with Crippen LogP contribution < -0.4 is 15.4 Å². The van der Waals surface area contributed by atoms with Gasteiger partial charge in [-0.3, -0.25) is 19.4 Å². The number of likely N-dealkylation sites (tertiary alicyclic amines) is 1. The number of halogens is 1. The van der Waals surface area contributed by atoms with Crippen molar-refractivity contribution >= 4 is 28.6 Å². The van der Waals surface area contributed by atoms with Gasteiger partial charge in [0.1, 0.15) is 11.8 Å². The van der Waals surface area contributed by atoms with E-state index in [1.54, 1.807) is 43.6 Å². The number of aromatic amines is 1. The fourth-order valence-electron chi connectivity index (χ4n) is 4.64. The normalized spacial score (nSPS) is 14.8. The van der Waals surface area contributed by atoms with Gasteiger partial charge in [0.2, 0.25) is 11.8 Å². The van der Waals surface area contributed by atoms with Gasteiger partial charge in [0.05, 0.1) is 13.1 Å². The van der Waals surface area contributed by atoms with Crippen LogP contribution in [0.3, 0.4) is 0 Å². The molecule has 1 unspecified atom stereocenters. The van der Waals surface area contributed by atoms with Crippen LogP contribution in [0, 0.1) is 12.7 Å². The van der Waals surface area contributed by atoms with Crippen molar-refractivity contribution in [2.45, 2.75) is 32.4 Å². The topological polar surface area (TPSA) is 116 Å². The quantitative estimate of drug-likeness (QED) is 0.321. The summed E-state index contributed by atoms with van der Waals surface area (Å²) in [5.74, 6) is -1.22. The number of nitrogens with zero attached hydrogens (tertiary/aromatic N) is 2. The van der Waals surface area contributed by atoms with Crippen LogP contribution in [0.15, 0.2) is 67.0 Å². The summed E-state index contributed by atoms with van der Waals surface area (Å²) < 4.78 is 19.7. The Morgan fingerprint density at radius 1 is 1.13 bits per heavy atom. The van der Waals surface area contributed by atoms with E-state index in [1.807, 2.05) is 12.1 Å². The molecule has 4 aromatic rings. The summed E-state index contributed by atoms with van der Waals surface area (Å²) in [4.78, 5) is 47.4. The van der Waals surface area contributed by atoms with Crippen LogP contribution in [0.25, 0.3) is 10.9 Å². The lowest BCUT2D eigenvalue weighted by atomic mass is 10.2. The number of H-pyrrole nitrogens is 1. The second-order valence-electron chi connectivity index (χ2n) is 9.47. The molecule has 0 spiro atoms. The predicted octanol–water partition coefficient (Wildman–Crippen LogP) is 3.84. The summed E-state index contributed by atoms with van der Waals surface area (Å²) in [5, 5.41) is 6.47. The van der Waals surface area contributed by atoms with Gasteiger partial charge in [-0.05, 0) is 67.8 Å². The number of ether oxygens (including phenoxy) is 1. The van der Waals surface area contributed by atoms with Crippen molar-refractivity contribution in [1.29, 1.82) is 0 Å². The van der Waals surface area contributed by atoms with Crippen LogP contribution in [-0.2, 0) is 16.1 Å². The third-order valence-electron chi connectivity index (χ3n) is 6.62. The highest BCUT2D eigenvalue weighted by Gasteiger charge is 2.34. The summed E-state index contributed by atoms with van der Waals surface area (Å²) in [6.07, 6.45) is 4.69. The van der Waals surface area contributed by atoms with Crippen molar-refractivity contribution < 1.29 is 23.5 Å². The highest BCUT2D eigenvalue weighted by atomic mass is 19.1. The molecule has 0 saturated carbocycles. The third kappa shape index (κ3) is 6.06. The smallest absolute Gasteiger partial charge is 0.251 e. The zero-order valence-electron chi connectivity index (χ0n) is 21.4. The lowest BCUT2D eigenvalue weighted by Crippen LogP contribution is -2.48. The third-order valence-corrected chi connectivity index (χ3v) is 6.62. The monoisotopic (exact) mass is 529 g/mol. The maximum absolute atomic E-state index is 14.1. The Hall–Kier alpha value is -4.73. The second-order valence-corrected chi connectivity index (χ2v) is 9.47. The molecule has 1 aliphatic rings. The summed E-state index contributed by atoms with van der Waals surface area (Å²) >= 11 is 0. The summed E-state index contributed by atoms with van der Waals surface area (Å²) in [6.45, 7) is 2.26. The second kappa shape index (κ2) is 11.3. The molecule has 1 aliphatic heterocycles. The van der Waals surface area contributed by atoms with Gasteiger partial charge in [0.15, 0.2) is 11.6 Å².